The van der Waals surface area contributed by atoms with Crippen molar-refractivity contribution in [2.75, 3.05) is 13.1 Å². The summed E-state index contributed by atoms with van der Waals surface area (Å²) < 4.78 is 0. The van der Waals surface area contributed by atoms with Crippen molar-refractivity contribution in [3.63, 3.8) is 0 Å². The summed E-state index contributed by atoms with van der Waals surface area (Å²) in [5.41, 5.74) is 1.38. The van der Waals surface area contributed by atoms with Crippen molar-refractivity contribution in [3.05, 3.63) is 35.9 Å². The Morgan fingerprint density at radius 3 is 2.10 bits per heavy atom. The molecule has 4 heteroatoms. The van der Waals surface area contributed by atoms with E-state index in [1.807, 2.05) is 35.2 Å². The molecular formula is C25H34N2O2. The predicted molar refractivity (Wildman–Crippen MR) is 113 cm³/mol. The van der Waals surface area contributed by atoms with Crippen LogP contribution in [0.4, 0.5) is 0 Å². The van der Waals surface area contributed by atoms with Crippen molar-refractivity contribution in [2.24, 2.45) is 23.2 Å². The second-order valence-electron chi connectivity index (χ2n) is 10.5. The Bertz CT molecular complexity index is 716. The van der Waals surface area contributed by atoms with Crippen LogP contribution in [-0.4, -0.2) is 35.8 Å². The van der Waals surface area contributed by atoms with Gasteiger partial charge < -0.3 is 10.2 Å². The fourth-order valence-corrected chi connectivity index (χ4v) is 7.28. The Morgan fingerprint density at radius 2 is 1.52 bits per heavy atom. The van der Waals surface area contributed by atoms with Crippen LogP contribution in [0.15, 0.2) is 30.3 Å². The van der Waals surface area contributed by atoms with Crippen LogP contribution in [0.2, 0.25) is 0 Å². The first-order valence-corrected chi connectivity index (χ1v) is 11.7. The summed E-state index contributed by atoms with van der Waals surface area (Å²) in [5, 5.41) is 3.33. The van der Waals surface area contributed by atoms with Crippen LogP contribution in [-0.2, 0) is 16.0 Å². The molecule has 0 radical (unpaired) electrons. The molecule has 1 aromatic carbocycles. The average Bonchev–Trinajstić information content (AvgIpc) is 2.67. The van der Waals surface area contributed by atoms with Crippen LogP contribution in [0.25, 0.3) is 0 Å². The van der Waals surface area contributed by atoms with Gasteiger partial charge in [-0.1, -0.05) is 30.3 Å². The predicted octanol–water partition coefficient (Wildman–Crippen LogP) is 3.94. The summed E-state index contributed by atoms with van der Waals surface area (Å²) in [6.07, 6.45) is 11.1. The van der Waals surface area contributed by atoms with Crippen molar-refractivity contribution in [1.29, 1.82) is 0 Å². The Hall–Kier alpha value is -1.84. The third kappa shape index (κ3) is 4.22. The topological polar surface area (TPSA) is 49.4 Å². The number of benzene rings is 1. The minimum atomic E-state index is 0.203. The molecule has 0 spiro atoms. The first-order valence-electron chi connectivity index (χ1n) is 11.7. The normalized spacial score (nSPS) is 33.7. The van der Waals surface area contributed by atoms with E-state index < -0.39 is 0 Å². The highest BCUT2D eigenvalue weighted by Crippen LogP contribution is 2.61. The van der Waals surface area contributed by atoms with E-state index in [0.717, 1.165) is 55.7 Å². The van der Waals surface area contributed by atoms with Gasteiger partial charge in [0.2, 0.25) is 11.8 Å². The van der Waals surface area contributed by atoms with Gasteiger partial charge in [0.1, 0.15) is 0 Å². The first-order chi connectivity index (χ1) is 14.1. The Labute approximate surface area is 174 Å². The first kappa shape index (κ1) is 19.1. The van der Waals surface area contributed by atoms with Gasteiger partial charge in [-0.05, 0) is 80.1 Å². The maximum absolute atomic E-state index is 12.9. The van der Waals surface area contributed by atoms with Crippen molar-refractivity contribution in [1.82, 2.24) is 10.2 Å². The number of hydrogen-bond acceptors (Lipinski definition) is 2. The summed E-state index contributed by atoms with van der Waals surface area (Å²) in [5.74, 6) is 3.16. The number of nitrogens with zero attached hydrogens (tertiary/aromatic N) is 1. The molecule has 1 aliphatic heterocycles. The second kappa shape index (κ2) is 7.77. The standard InChI is InChI=1S/C25H34N2O2/c28-23(17-25-14-19-10-20(15-25)12-21(11-19)16-25)26-22-6-8-27(9-7-22)24(29)13-18-4-2-1-3-5-18/h1-5,19-22H,6-17H2,(H,26,28). The highest BCUT2D eigenvalue weighted by atomic mass is 16.2. The number of nitrogens with one attached hydrogen (secondary N) is 1. The Morgan fingerprint density at radius 1 is 0.931 bits per heavy atom. The van der Waals surface area contributed by atoms with Crippen LogP contribution in [0, 0.1) is 23.2 Å². The highest BCUT2D eigenvalue weighted by molar-refractivity contribution is 5.79. The van der Waals surface area contributed by atoms with E-state index in [9.17, 15) is 9.59 Å². The molecule has 5 aliphatic rings. The van der Waals surface area contributed by atoms with Gasteiger partial charge in [-0.2, -0.15) is 0 Å². The van der Waals surface area contributed by atoms with Crippen molar-refractivity contribution < 1.29 is 9.59 Å². The third-order valence-electron chi connectivity index (χ3n) is 8.11. The van der Waals surface area contributed by atoms with E-state index in [1.54, 1.807) is 0 Å². The second-order valence-corrected chi connectivity index (χ2v) is 10.5. The van der Waals surface area contributed by atoms with Gasteiger partial charge in [0.25, 0.3) is 0 Å². The number of hydrogen-bond donors (Lipinski definition) is 1. The minimum Gasteiger partial charge on any atom is -0.353 e. The van der Waals surface area contributed by atoms with Gasteiger partial charge in [-0.15, -0.1) is 0 Å². The fraction of sp³-hybridized carbons (Fsp3) is 0.680. The number of carbonyl (C=O) groups excluding carboxylic acids is 2. The smallest absolute Gasteiger partial charge is 0.226 e. The Kier molecular flexibility index (Phi) is 5.13. The molecule has 4 nitrogen and oxygen atoms in total. The summed E-state index contributed by atoms with van der Waals surface area (Å²) in [7, 11) is 0. The third-order valence-corrected chi connectivity index (χ3v) is 8.11. The maximum atomic E-state index is 12.9. The maximum Gasteiger partial charge on any atom is 0.226 e. The SMILES string of the molecule is O=C(CC12CC3CC(CC(C3)C1)C2)NC1CCN(C(=O)Cc2ccccc2)CC1. The average molecular weight is 395 g/mol. The summed E-state index contributed by atoms with van der Waals surface area (Å²) in [6.45, 7) is 1.52. The molecule has 4 bridgehead atoms. The van der Waals surface area contributed by atoms with Gasteiger partial charge in [-0.3, -0.25) is 9.59 Å². The highest BCUT2D eigenvalue weighted by Gasteiger charge is 2.51. The number of likely N-dealkylation sites (tertiary alicyclic amines) is 1. The molecule has 1 saturated heterocycles. The van der Waals surface area contributed by atoms with Crippen LogP contribution < -0.4 is 5.32 Å². The number of amides is 2. The molecule has 1 N–H and O–H groups in total. The molecule has 0 atom stereocenters. The molecule has 4 aliphatic carbocycles. The van der Waals surface area contributed by atoms with E-state index in [2.05, 4.69) is 5.32 Å². The van der Waals surface area contributed by atoms with Crippen LogP contribution >= 0.6 is 0 Å². The number of piperidine rings is 1. The van der Waals surface area contributed by atoms with Crippen LogP contribution in [0.3, 0.4) is 0 Å². The molecular weight excluding hydrogens is 360 g/mol. The van der Waals surface area contributed by atoms with E-state index in [4.69, 9.17) is 0 Å². The van der Waals surface area contributed by atoms with Crippen LogP contribution in [0.5, 0.6) is 0 Å². The lowest BCUT2D eigenvalue weighted by molar-refractivity contribution is -0.132. The van der Waals surface area contributed by atoms with Crippen molar-refractivity contribution in [2.45, 2.75) is 70.3 Å². The zero-order valence-electron chi connectivity index (χ0n) is 17.4. The number of rotatable bonds is 5. The lowest BCUT2D eigenvalue weighted by Crippen LogP contribution is -2.50. The molecule has 2 amide bonds. The number of carbonyl (C=O) groups is 2. The minimum absolute atomic E-state index is 0.203. The zero-order chi connectivity index (χ0) is 19.8. The molecule has 1 aromatic rings. The molecule has 0 unspecified atom stereocenters. The van der Waals surface area contributed by atoms with E-state index in [1.165, 1.54) is 38.5 Å². The summed E-state index contributed by atoms with van der Waals surface area (Å²) in [6, 6.07) is 10.2. The summed E-state index contributed by atoms with van der Waals surface area (Å²) >= 11 is 0. The molecule has 6 rings (SSSR count). The molecule has 1 heterocycles. The molecule has 29 heavy (non-hydrogen) atoms. The van der Waals surface area contributed by atoms with Crippen molar-refractivity contribution in [3.8, 4) is 0 Å². The monoisotopic (exact) mass is 394 g/mol. The van der Waals surface area contributed by atoms with E-state index >= 15 is 0 Å². The Balaban J connectivity index is 1.09. The fourth-order valence-electron chi connectivity index (χ4n) is 7.28. The zero-order valence-corrected chi connectivity index (χ0v) is 17.4. The van der Waals surface area contributed by atoms with Gasteiger partial charge >= 0.3 is 0 Å². The van der Waals surface area contributed by atoms with Gasteiger partial charge in [-0.25, -0.2) is 0 Å². The lowest BCUT2D eigenvalue weighted by Gasteiger charge is -2.56. The molecule has 0 aromatic heterocycles. The van der Waals surface area contributed by atoms with E-state index in [-0.39, 0.29) is 17.9 Å². The summed E-state index contributed by atoms with van der Waals surface area (Å²) in [4.78, 5) is 27.4. The van der Waals surface area contributed by atoms with Gasteiger partial charge in [0.15, 0.2) is 0 Å². The molecule has 5 fully saturated rings. The molecule has 4 saturated carbocycles. The lowest BCUT2D eigenvalue weighted by atomic mass is 9.49. The molecule has 156 valence electrons. The van der Waals surface area contributed by atoms with Crippen LogP contribution in [0.1, 0.15) is 63.4 Å². The van der Waals surface area contributed by atoms with E-state index in [0.29, 0.717) is 11.8 Å². The quantitative estimate of drug-likeness (QED) is 0.822. The largest absolute Gasteiger partial charge is 0.353 e. The van der Waals surface area contributed by atoms with Crippen molar-refractivity contribution >= 4 is 11.8 Å². The van der Waals surface area contributed by atoms with Gasteiger partial charge in [0, 0.05) is 25.6 Å². The van der Waals surface area contributed by atoms with Gasteiger partial charge in [0.05, 0.1) is 6.42 Å².